The van der Waals surface area contributed by atoms with Crippen LogP contribution in [0.25, 0.3) is 16.5 Å². The number of fused-ring (bicyclic) bond motifs is 1. The molecule has 0 unspecified atom stereocenters. The second kappa shape index (κ2) is 10.6. The Morgan fingerprint density at radius 1 is 1.03 bits per heavy atom. The molecule has 0 aliphatic heterocycles. The standard InChI is InChI=1S/C21H25N3O.C3H8.C2H6/c1-5-16-10-18(11-16)24-21(25)20-15(4)23(14(3)19(20)12-22-24)17-8-6-7-13(2)9-17;1-3-2;1-2/h6-9,12,16,18H,5,10-11H2,1-4H3;3H2,1-2H3;1-2H3. The smallest absolute Gasteiger partial charge is 0.276 e. The largest absolute Gasteiger partial charge is 0.317 e. The molecular weight excluding hydrogens is 370 g/mol. The first-order chi connectivity index (χ1) is 14.4. The van der Waals surface area contributed by atoms with Gasteiger partial charge in [-0.1, -0.05) is 59.6 Å². The van der Waals surface area contributed by atoms with Crippen LogP contribution in [0.4, 0.5) is 0 Å². The molecule has 0 radical (unpaired) electrons. The molecule has 0 amide bonds. The lowest BCUT2D eigenvalue weighted by molar-refractivity contribution is 0.173. The number of hydrogen-bond donors (Lipinski definition) is 0. The first-order valence-electron chi connectivity index (χ1n) is 11.6. The van der Waals surface area contributed by atoms with Gasteiger partial charge in [0.2, 0.25) is 0 Å². The predicted molar refractivity (Wildman–Crippen MR) is 129 cm³/mol. The van der Waals surface area contributed by atoms with Crippen LogP contribution in [0.3, 0.4) is 0 Å². The van der Waals surface area contributed by atoms with E-state index in [4.69, 9.17) is 0 Å². The van der Waals surface area contributed by atoms with Gasteiger partial charge in [0.25, 0.3) is 5.56 Å². The summed E-state index contributed by atoms with van der Waals surface area (Å²) in [4.78, 5) is 13.1. The van der Waals surface area contributed by atoms with E-state index in [2.05, 4.69) is 68.5 Å². The summed E-state index contributed by atoms with van der Waals surface area (Å²) in [6, 6.07) is 8.67. The molecule has 4 heteroatoms. The van der Waals surface area contributed by atoms with E-state index >= 15 is 0 Å². The molecule has 4 nitrogen and oxygen atoms in total. The molecule has 1 saturated carbocycles. The second-order valence-electron chi connectivity index (χ2n) is 8.13. The molecule has 1 aliphatic carbocycles. The second-order valence-corrected chi connectivity index (χ2v) is 8.13. The number of hydrogen-bond acceptors (Lipinski definition) is 2. The minimum Gasteiger partial charge on any atom is -0.317 e. The summed E-state index contributed by atoms with van der Waals surface area (Å²) in [7, 11) is 0. The molecule has 164 valence electrons. The van der Waals surface area contributed by atoms with Crippen molar-refractivity contribution in [2.24, 2.45) is 5.92 Å². The Bertz CT molecular complexity index is 1020. The van der Waals surface area contributed by atoms with Crippen LogP contribution < -0.4 is 5.56 Å². The van der Waals surface area contributed by atoms with Gasteiger partial charge in [0.05, 0.1) is 17.6 Å². The number of nitrogens with zero attached hydrogens (tertiary/aromatic N) is 3. The third-order valence-electron chi connectivity index (χ3n) is 5.82. The number of aromatic nitrogens is 3. The molecule has 0 N–H and O–H groups in total. The molecule has 0 atom stereocenters. The van der Waals surface area contributed by atoms with Crippen molar-refractivity contribution >= 4 is 10.8 Å². The molecule has 30 heavy (non-hydrogen) atoms. The summed E-state index contributed by atoms with van der Waals surface area (Å²) >= 11 is 0. The number of benzene rings is 1. The fourth-order valence-electron chi connectivity index (χ4n) is 4.22. The van der Waals surface area contributed by atoms with Crippen molar-refractivity contribution in [3.8, 4) is 5.69 Å². The highest BCUT2D eigenvalue weighted by molar-refractivity contribution is 5.87. The van der Waals surface area contributed by atoms with E-state index in [1.807, 2.05) is 27.0 Å². The maximum Gasteiger partial charge on any atom is 0.276 e. The van der Waals surface area contributed by atoms with Gasteiger partial charge in [-0.05, 0) is 57.2 Å². The summed E-state index contributed by atoms with van der Waals surface area (Å²) in [6.07, 6.45) is 6.47. The molecule has 1 aliphatic rings. The summed E-state index contributed by atoms with van der Waals surface area (Å²) in [5, 5.41) is 6.29. The molecule has 4 rings (SSSR count). The lowest BCUT2D eigenvalue weighted by Crippen LogP contribution is -2.35. The van der Waals surface area contributed by atoms with E-state index in [0.717, 1.165) is 46.6 Å². The van der Waals surface area contributed by atoms with Crippen LogP contribution in [0.2, 0.25) is 0 Å². The van der Waals surface area contributed by atoms with E-state index < -0.39 is 0 Å². The molecule has 0 bridgehead atoms. The van der Waals surface area contributed by atoms with Gasteiger partial charge in [-0.2, -0.15) is 5.10 Å². The van der Waals surface area contributed by atoms with Crippen molar-refractivity contribution < 1.29 is 0 Å². The Kier molecular flexibility index (Phi) is 8.45. The van der Waals surface area contributed by atoms with Crippen molar-refractivity contribution in [2.75, 3.05) is 0 Å². The molecule has 1 fully saturated rings. The molecule has 0 saturated heterocycles. The van der Waals surface area contributed by atoms with Gasteiger partial charge in [-0.3, -0.25) is 4.79 Å². The molecule has 1 aromatic carbocycles. The van der Waals surface area contributed by atoms with Crippen LogP contribution in [0.5, 0.6) is 0 Å². The highest BCUT2D eigenvalue weighted by atomic mass is 16.1. The summed E-state index contributed by atoms with van der Waals surface area (Å²) in [6.45, 7) is 16.7. The maximum absolute atomic E-state index is 13.1. The van der Waals surface area contributed by atoms with Crippen LogP contribution in [-0.4, -0.2) is 14.3 Å². The average Bonchev–Trinajstić information content (AvgIpc) is 2.96. The SMILES string of the molecule is CC.CCC.CCC1CC(n2ncc3c(C)n(-c4cccc(C)c4)c(C)c3c2=O)C1. The lowest BCUT2D eigenvalue weighted by atomic mass is 9.79. The normalized spacial score (nSPS) is 17.5. The Morgan fingerprint density at radius 3 is 2.23 bits per heavy atom. The van der Waals surface area contributed by atoms with E-state index in [-0.39, 0.29) is 11.6 Å². The van der Waals surface area contributed by atoms with E-state index in [1.165, 1.54) is 18.4 Å². The third kappa shape index (κ3) is 4.53. The minimum atomic E-state index is 0.0593. The van der Waals surface area contributed by atoms with Crippen molar-refractivity contribution in [2.45, 2.75) is 87.1 Å². The first kappa shape index (κ1) is 23.9. The summed E-state index contributed by atoms with van der Waals surface area (Å²) < 4.78 is 3.90. The van der Waals surface area contributed by atoms with Crippen molar-refractivity contribution in [1.82, 2.24) is 14.3 Å². The van der Waals surface area contributed by atoms with Gasteiger partial charge in [0.1, 0.15) is 0 Å². The molecular formula is C26H39N3O. The van der Waals surface area contributed by atoms with E-state index in [1.54, 1.807) is 4.68 Å². The van der Waals surface area contributed by atoms with Crippen molar-refractivity contribution in [1.29, 1.82) is 0 Å². The van der Waals surface area contributed by atoms with Gasteiger partial charge < -0.3 is 4.57 Å². The Hall–Kier alpha value is -2.36. The Morgan fingerprint density at radius 2 is 1.67 bits per heavy atom. The summed E-state index contributed by atoms with van der Waals surface area (Å²) in [5.41, 5.74) is 4.46. The van der Waals surface area contributed by atoms with Crippen LogP contribution in [-0.2, 0) is 0 Å². The number of aryl methyl sites for hydroxylation is 3. The number of rotatable bonds is 3. The molecule has 2 heterocycles. The highest BCUT2D eigenvalue weighted by Crippen LogP contribution is 2.38. The zero-order chi connectivity index (χ0) is 22.4. The minimum absolute atomic E-state index is 0.0593. The topological polar surface area (TPSA) is 39.8 Å². The van der Waals surface area contributed by atoms with Gasteiger partial charge >= 0.3 is 0 Å². The lowest BCUT2D eigenvalue weighted by Gasteiger charge is -2.34. The fourth-order valence-corrected chi connectivity index (χ4v) is 4.22. The van der Waals surface area contributed by atoms with Crippen LogP contribution in [0, 0.1) is 26.7 Å². The Balaban J connectivity index is 0.000000590. The first-order valence-corrected chi connectivity index (χ1v) is 11.6. The average molecular weight is 410 g/mol. The fraction of sp³-hybridized carbons (Fsp3) is 0.538. The molecule has 2 aromatic heterocycles. The van der Waals surface area contributed by atoms with Gasteiger partial charge in [-0.25, -0.2) is 4.68 Å². The quantitative estimate of drug-likeness (QED) is 0.471. The van der Waals surface area contributed by atoms with Crippen LogP contribution >= 0.6 is 0 Å². The van der Waals surface area contributed by atoms with Gasteiger partial charge in [0, 0.05) is 22.5 Å². The van der Waals surface area contributed by atoms with E-state index in [9.17, 15) is 4.79 Å². The van der Waals surface area contributed by atoms with Crippen LogP contribution in [0.1, 0.15) is 83.3 Å². The summed E-state index contributed by atoms with van der Waals surface area (Å²) in [5.74, 6) is 0.745. The highest BCUT2D eigenvalue weighted by Gasteiger charge is 2.31. The third-order valence-corrected chi connectivity index (χ3v) is 5.82. The van der Waals surface area contributed by atoms with Crippen LogP contribution in [0.15, 0.2) is 35.3 Å². The predicted octanol–water partition coefficient (Wildman–Crippen LogP) is 6.92. The molecule has 0 spiro atoms. The zero-order valence-corrected chi connectivity index (χ0v) is 20.1. The molecule has 3 aromatic rings. The van der Waals surface area contributed by atoms with Crippen molar-refractivity contribution in [3.63, 3.8) is 0 Å². The van der Waals surface area contributed by atoms with Crippen molar-refractivity contribution in [3.05, 3.63) is 57.8 Å². The monoisotopic (exact) mass is 409 g/mol. The van der Waals surface area contributed by atoms with Gasteiger partial charge in [-0.15, -0.1) is 0 Å². The van der Waals surface area contributed by atoms with Gasteiger partial charge in [0.15, 0.2) is 0 Å². The maximum atomic E-state index is 13.1. The zero-order valence-electron chi connectivity index (χ0n) is 20.1. The Labute approximate surface area is 181 Å². The van der Waals surface area contributed by atoms with E-state index in [0.29, 0.717) is 0 Å².